The van der Waals surface area contributed by atoms with E-state index in [1.165, 1.54) is 12.0 Å². The third kappa shape index (κ3) is 3.75. The highest BCUT2D eigenvalue weighted by Crippen LogP contribution is 2.41. The fraction of sp³-hybridized carbons (Fsp3) is 0.632. The molecule has 0 bridgehead atoms. The molecule has 1 aliphatic heterocycles. The van der Waals surface area contributed by atoms with Crippen LogP contribution in [0.5, 0.6) is 0 Å². The maximum absolute atomic E-state index is 12.6. The lowest BCUT2D eigenvalue weighted by Crippen LogP contribution is -2.54. The highest BCUT2D eigenvalue weighted by atomic mass is 16.3. The second-order valence-corrected chi connectivity index (χ2v) is 7.23. The van der Waals surface area contributed by atoms with Crippen molar-refractivity contribution in [2.24, 2.45) is 5.92 Å². The molecular weight excluding hydrogens is 288 g/mol. The summed E-state index contributed by atoms with van der Waals surface area (Å²) in [5.41, 5.74) is 1.07. The molecule has 0 radical (unpaired) electrons. The minimum atomic E-state index is -0.289. The predicted molar refractivity (Wildman–Crippen MR) is 91.0 cm³/mol. The quantitative estimate of drug-likeness (QED) is 0.876. The van der Waals surface area contributed by atoms with Gasteiger partial charge in [-0.15, -0.1) is 0 Å². The van der Waals surface area contributed by atoms with Gasteiger partial charge >= 0.3 is 0 Å². The molecule has 1 saturated heterocycles. The van der Waals surface area contributed by atoms with Crippen molar-refractivity contribution in [3.05, 3.63) is 35.9 Å². The Balaban J connectivity index is 1.58. The molecule has 1 heterocycles. The standard InChI is InChI=1S/C19H28N2O2/c1-15(22)16-7-5-12-21(13-16)14-18(23)20-19(10-6-11-19)17-8-3-2-4-9-17/h2-4,8-9,15-16,22H,5-7,10-14H2,1H3,(H,20,23). The van der Waals surface area contributed by atoms with Gasteiger partial charge < -0.3 is 10.4 Å². The number of aliphatic hydroxyl groups excluding tert-OH is 1. The van der Waals surface area contributed by atoms with Crippen molar-refractivity contribution in [1.29, 1.82) is 0 Å². The van der Waals surface area contributed by atoms with Crippen LogP contribution in [-0.2, 0) is 10.3 Å². The van der Waals surface area contributed by atoms with Gasteiger partial charge in [-0.3, -0.25) is 9.69 Å². The number of nitrogens with one attached hydrogen (secondary N) is 1. The molecule has 2 atom stereocenters. The maximum atomic E-state index is 12.6. The average molecular weight is 316 g/mol. The Morgan fingerprint density at radius 2 is 2.09 bits per heavy atom. The first kappa shape index (κ1) is 16.5. The maximum Gasteiger partial charge on any atom is 0.234 e. The topological polar surface area (TPSA) is 52.6 Å². The van der Waals surface area contributed by atoms with Crippen LogP contribution in [0.4, 0.5) is 0 Å². The first-order valence-electron chi connectivity index (χ1n) is 8.86. The molecule has 1 saturated carbocycles. The Kier molecular flexibility index (Phi) is 5.02. The second-order valence-electron chi connectivity index (χ2n) is 7.23. The third-order valence-corrected chi connectivity index (χ3v) is 5.50. The van der Waals surface area contributed by atoms with E-state index in [1.54, 1.807) is 0 Å². The van der Waals surface area contributed by atoms with E-state index in [1.807, 2.05) is 25.1 Å². The molecule has 0 aromatic heterocycles. The summed E-state index contributed by atoms with van der Waals surface area (Å²) in [5, 5.41) is 13.1. The van der Waals surface area contributed by atoms with Crippen molar-refractivity contribution in [3.63, 3.8) is 0 Å². The van der Waals surface area contributed by atoms with E-state index in [0.717, 1.165) is 38.8 Å². The molecule has 1 amide bonds. The number of aliphatic hydroxyl groups is 1. The van der Waals surface area contributed by atoms with Gasteiger partial charge in [-0.05, 0) is 57.1 Å². The zero-order valence-electron chi connectivity index (χ0n) is 14.0. The van der Waals surface area contributed by atoms with Crippen molar-refractivity contribution in [2.45, 2.75) is 50.7 Å². The molecule has 0 spiro atoms. The first-order valence-corrected chi connectivity index (χ1v) is 8.86. The van der Waals surface area contributed by atoms with Crippen molar-refractivity contribution in [3.8, 4) is 0 Å². The smallest absolute Gasteiger partial charge is 0.234 e. The monoisotopic (exact) mass is 316 g/mol. The molecule has 2 unspecified atom stereocenters. The number of piperidine rings is 1. The van der Waals surface area contributed by atoms with Gasteiger partial charge in [-0.1, -0.05) is 30.3 Å². The number of hydrogen-bond acceptors (Lipinski definition) is 3. The highest BCUT2D eigenvalue weighted by molar-refractivity contribution is 5.79. The van der Waals surface area contributed by atoms with E-state index in [9.17, 15) is 9.90 Å². The number of carbonyl (C=O) groups excluding carboxylic acids is 1. The number of carbonyl (C=O) groups is 1. The Bertz CT molecular complexity index is 525. The summed E-state index contributed by atoms with van der Waals surface area (Å²) in [5.74, 6) is 0.406. The summed E-state index contributed by atoms with van der Waals surface area (Å²) in [6.45, 7) is 4.07. The van der Waals surface area contributed by atoms with Gasteiger partial charge in [0.2, 0.25) is 5.91 Å². The second kappa shape index (κ2) is 7.02. The Hall–Kier alpha value is -1.39. The molecule has 2 fully saturated rings. The summed E-state index contributed by atoms with van der Waals surface area (Å²) in [4.78, 5) is 14.7. The fourth-order valence-corrected chi connectivity index (χ4v) is 3.91. The number of nitrogens with zero attached hydrogens (tertiary/aromatic N) is 1. The summed E-state index contributed by atoms with van der Waals surface area (Å²) in [7, 11) is 0. The predicted octanol–water partition coefficient (Wildman–Crippen LogP) is 2.27. The van der Waals surface area contributed by atoms with E-state index >= 15 is 0 Å². The molecule has 1 aliphatic carbocycles. The Morgan fingerprint density at radius 3 is 2.70 bits per heavy atom. The van der Waals surface area contributed by atoms with Crippen LogP contribution in [0.25, 0.3) is 0 Å². The van der Waals surface area contributed by atoms with Gasteiger partial charge in [0.05, 0.1) is 18.2 Å². The van der Waals surface area contributed by atoms with Gasteiger partial charge in [0.25, 0.3) is 0 Å². The van der Waals surface area contributed by atoms with Crippen molar-refractivity contribution < 1.29 is 9.90 Å². The lowest BCUT2D eigenvalue weighted by molar-refractivity contribution is -0.126. The minimum Gasteiger partial charge on any atom is -0.393 e. The number of likely N-dealkylation sites (tertiary alicyclic amines) is 1. The van der Waals surface area contributed by atoms with Crippen molar-refractivity contribution in [2.75, 3.05) is 19.6 Å². The SMILES string of the molecule is CC(O)C1CCCN(CC(=O)NC2(c3ccccc3)CCC2)C1. The molecule has 3 rings (SSSR count). The Labute approximate surface area is 138 Å². The highest BCUT2D eigenvalue weighted by Gasteiger charge is 2.40. The molecule has 2 N–H and O–H groups in total. The van der Waals surface area contributed by atoms with Gasteiger partial charge in [0, 0.05) is 6.54 Å². The Morgan fingerprint density at radius 1 is 1.35 bits per heavy atom. The molecule has 1 aromatic carbocycles. The van der Waals surface area contributed by atoms with E-state index in [-0.39, 0.29) is 17.6 Å². The van der Waals surface area contributed by atoms with E-state index < -0.39 is 0 Å². The lowest BCUT2D eigenvalue weighted by Gasteiger charge is -2.44. The molecule has 2 aliphatic rings. The van der Waals surface area contributed by atoms with Gasteiger partial charge in [-0.25, -0.2) is 0 Å². The summed E-state index contributed by atoms with van der Waals surface area (Å²) >= 11 is 0. The van der Waals surface area contributed by atoms with Crippen LogP contribution in [0.15, 0.2) is 30.3 Å². The molecular formula is C19H28N2O2. The zero-order chi connectivity index (χ0) is 16.3. The lowest BCUT2D eigenvalue weighted by atomic mass is 9.72. The van der Waals surface area contributed by atoms with E-state index in [2.05, 4.69) is 22.3 Å². The van der Waals surface area contributed by atoms with Crippen LogP contribution >= 0.6 is 0 Å². The molecule has 4 heteroatoms. The largest absolute Gasteiger partial charge is 0.393 e. The number of benzene rings is 1. The number of amides is 1. The number of hydrogen-bond donors (Lipinski definition) is 2. The van der Waals surface area contributed by atoms with Crippen LogP contribution in [0, 0.1) is 5.92 Å². The summed E-state index contributed by atoms with van der Waals surface area (Å²) < 4.78 is 0. The van der Waals surface area contributed by atoms with Gasteiger partial charge in [0.1, 0.15) is 0 Å². The van der Waals surface area contributed by atoms with Crippen LogP contribution in [-0.4, -0.2) is 41.7 Å². The molecule has 126 valence electrons. The normalized spacial score (nSPS) is 25.4. The van der Waals surface area contributed by atoms with Crippen LogP contribution < -0.4 is 5.32 Å². The first-order chi connectivity index (χ1) is 11.1. The molecule has 4 nitrogen and oxygen atoms in total. The van der Waals surface area contributed by atoms with Crippen LogP contribution in [0.3, 0.4) is 0 Å². The van der Waals surface area contributed by atoms with Crippen molar-refractivity contribution in [1.82, 2.24) is 10.2 Å². The molecule has 23 heavy (non-hydrogen) atoms. The van der Waals surface area contributed by atoms with Gasteiger partial charge in [0.15, 0.2) is 0 Å². The number of rotatable bonds is 5. The zero-order valence-corrected chi connectivity index (χ0v) is 14.0. The van der Waals surface area contributed by atoms with E-state index in [4.69, 9.17) is 0 Å². The minimum absolute atomic E-state index is 0.111. The summed E-state index contributed by atoms with van der Waals surface area (Å²) in [6, 6.07) is 10.3. The van der Waals surface area contributed by atoms with Crippen molar-refractivity contribution >= 4 is 5.91 Å². The average Bonchev–Trinajstić information content (AvgIpc) is 2.52. The van der Waals surface area contributed by atoms with Crippen LogP contribution in [0.1, 0.15) is 44.6 Å². The van der Waals surface area contributed by atoms with Gasteiger partial charge in [-0.2, -0.15) is 0 Å². The third-order valence-electron chi connectivity index (χ3n) is 5.50. The molecule has 1 aromatic rings. The fourth-order valence-electron chi connectivity index (χ4n) is 3.91. The van der Waals surface area contributed by atoms with E-state index in [0.29, 0.717) is 12.5 Å². The summed E-state index contributed by atoms with van der Waals surface area (Å²) in [6.07, 6.45) is 5.06. The van der Waals surface area contributed by atoms with Crippen LogP contribution in [0.2, 0.25) is 0 Å².